The Morgan fingerprint density at radius 2 is 0.846 bits per heavy atom. The second-order valence-corrected chi connectivity index (χ2v) is 23.2. The van der Waals surface area contributed by atoms with E-state index in [1.54, 1.807) is 0 Å². The van der Waals surface area contributed by atoms with Crippen LogP contribution in [0.15, 0.2) is 24.3 Å². The number of aliphatic hydroxyl groups is 8. The monoisotopic (exact) mass is 1110 g/mol. The second-order valence-electron chi connectivity index (χ2n) is 23.2. The van der Waals surface area contributed by atoms with Crippen molar-refractivity contribution in [2.24, 2.45) is 0 Å². The largest absolute Gasteiger partial charge is 0.394 e. The molecule has 0 saturated carbocycles. The van der Waals surface area contributed by atoms with Crippen molar-refractivity contribution in [3.05, 3.63) is 24.3 Å². The van der Waals surface area contributed by atoms with Crippen molar-refractivity contribution in [1.29, 1.82) is 0 Å². The Kier molecular flexibility index (Phi) is 46.5. The summed E-state index contributed by atoms with van der Waals surface area (Å²) in [5.74, 6) is -0.203. The molecule has 14 nitrogen and oxygen atoms in total. The molecule has 12 unspecified atom stereocenters. The van der Waals surface area contributed by atoms with Crippen LogP contribution in [0.4, 0.5) is 0 Å². The molecule has 0 aliphatic carbocycles. The predicted octanol–water partition coefficient (Wildman–Crippen LogP) is 12.0. The Labute approximate surface area is 475 Å². The van der Waals surface area contributed by atoms with Gasteiger partial charge in [0.05, 0.1) is 32.0 Å². The minimum absolute atomic E-state index is 0.203. The summed E-state index contributed by atoms with van der Waals surface area (Å²) in [5, 5.41) is 87.3. The third kappa shape index (κ3) is 34.8. The maximum atomic E-state index is 13.3. The molecule has 2 heterocycles. The van der Waals surface area contributed by atoms with Crippen LogP contribution < -0.4 is 5.32 Å². The zero-order valence-corrected chi connectivity index (χ0v) is 49.7. The Bertz CT molecular complexity index is 1400. The van der Waals surface area contributed by atoms with Gasteiger partial charge in [-0.3, -0.25) is 4.79 Å². The minimum atomic E-state index is -1.78. The van der Waals surface area contributed by atoms with Crippen molar-refractivity contribution < 1.29 is 64.6 Å². The smallest absolute Gasteiger partial charge is 0.220 e. The highest BCUT2D eigenvalue weighted by Gasteiger charge is 2.51. The number of allylic oxidation sites excluding steroid dienone is 4. The van der Waals surface area contributed by atoms with Gasteiger partial charge in [-0.1, -0.05) is 256 Å². The van der Waals surface area contributed by atoms with E-state index in [1.807, 2.05) is 0 Å². The van der Waals surface area contributed by atoms with Crippen LogP contribution in [-0.4, -0.2) is 140 Å². The Hall–Kier alpha value is -1.53. The summed E-state index contributed by atoms with van der Waals surface area (Å²) in [7, 11) is 0. The standard InChI is InChI=1S/C64H121NO13/c1-3-5-7-9-11-13-15-17-18-19-20-21-22-23-24-25-26-27-28-29-30-31-32-33-34-36-38-40-42-44-46-48-56(69)65-52(53(68)47-45-43-41-39-37-35-16-14-12-10-8-6-4-2)51-75-63-61(74)59(72)62(55(50-67)77-63)78-64-60(73)58(71)57(70)54(49-66)76-64/h15,17,19-20,52-55,57-64,66-68,70-74H,3-14,16,18,21-51H2,1-2H3,(H,65,69)/b17-15-,20-19-. The van der Waals surface area contributed by atoms with Gasteiger partial charge >= 0.3 is 0 Å². The van der Waals surface area contributed by atoms with E-state index in [1.165, 1.54) is 199 Å². The van der Waals surface area contributed by atoms with Gasteiger partial charge in [-0.25, -0.2) is 0 Å². The Morgan fingerprint density at radius 3 is 1.28 bits per heavy atom. The molecule has 78 heavy (non-hydrogen) atoms. The average Bonchev–Trinajstić information content (AvgIpc) is 3.47. The van der Waals surface area contributed by atoms with Crippen LogP contribution in [0.1, 0.15) is 284 Å². The summed E-state index contributed by atoms with van der Waals surface area (Å²) >= 11 is 0. The molecule has 460 valence electrons. The van der Waals surface area contributed by atoms with Gasteiger partial charge in [0.15, 0.2) is 12.6 Å². The van der Waals surface area contributed by atoms with Crippen LogP contribution >= 0.6 is 0 Å². The molecular weight excluding hydrogens is 991 g/mol. The van der Waals surface area contributed by atoms with Gasteiger partial charge in [-0.15, -0.1) is 0 Å². The van der Waals surface area contributed by atoms with E-state index in [2.05, 4.69) is 43.5 Å². The minimum Gasteiger partial charge on any atom is -0.394 e. The molecule has 1 amide bonds. The number of ether oxygens (including phenoxy) is 4. The van der Waals surface area contributed by atoms with Crippen LogP contribution in [0.3, 0.4) is 0 Å². The summed E-state index contributed by atoms with van der Waals surface area (Å²) in [4.78, 5) is 13.3. The molecular formula is C64H121NO13. The van der Waals surface area contributed by atoms with Crippen LogP contribution in [0.25, 0.3) is 0 Å². The molecule has 2 rings (SSSR count). The molecule has 0 spiro atoms. The van der Waals surface area contributed by atoms with E-state index in [-0.39, 0.29) is 12.5 Å². The summed E-state index contributed by atoms with van der Waals surface area (Å²) in [6, 6.07) is -0.825. The Balaban J connectivity index is 1.63. The van der Waals surface area contributed by atoms with Crippen molar-refractivity contribution in [3.63, 3.8) is 0 Å². The molecule has 0 bridgehead atoms. The fourth-order valence-electron chi connectivity index (χ4n) is 10.9. The third-order valence-electron chi connectivity index (χ3n) is 16.2. The van der Waals surface area contributed by atoms with Crippen molar-refractivity contribution in [1.82, 2.24) is 5.32 Å². The summed E-state index contributed by atoms with van der Waals surface area (Å²) in [6.07, 6.45) is 43.4. The molecule has 14 heteroatoms. The Morgan fingerprint density at radius 1 is 0.462 bits per heavy atom. The summed E-state index contributed by atoms with van der Waals surface area (Å²) in [6.45, 7) is 2.87. The SMILES string of the molecule is CCCCCCC/C=C\C/C=C\CCCCCCCCCCCCCCCCCCCCCC(=O)NC(COC1OC(CO)C(OC2OC(CO)C(O)C(O)C2O)C(O)C1O)C(O)CCCCCCCCCCCCCCC. The van der Waals surface area contributed by atoms with E-state index < -0.39 is 86.8 Å². The van der Waals surface area contributed by atoms with E-state index in [0.29, 0.717) is 12.8 Å². The molecule has 2 aliphatic heterocycles. The highest BCUT2D eigenvalue weighted by atomic mass is 16.7. The number of nitrogens with one attached hydrogen (secondary N) is 1. The predicted molar refractivity (Wildman–Crippen MR) is 314 cm³/mol. The zero-order valence-electron chi connectivity index (χ0n) is 49.7. The highest BCUT2D eigenvalue weighted by Crippen LogP contribution is 2.30. The van der Waals surface area contributed by atoms with E-state index >= 15 is 0 Å². The lowest BCUT2D eigenvalue weighted by molar-refractivity contribution is -0.359. The summed E-state index contributed by atoms with van der Waals surface area (Å²) in [5.41, 5.74) is 0. The fraction of sp³-hybridized carbons (Fsp3) is 0.922. The van der Waals surface area contributed by atoms with Crippen LogP contribution in [0.2, 0.25) is 0 Å². The van der Waals surface area contributed by atoms with Crippen molar-refractivity contribution in [2.75, 3.05) is 19.8 Å². The first-order valence-electron chi connectivity index (χ1n) is 32.6. The third-order valence-corrected chi connectivity index (χ3v) is 16.2. The van der Waals surface area contributed by atoms with E-state index in [0.717, 1.165) is 57.8 Å². The number of amides is 1. The van der Waals surface area contributed by atoms with Crippen molar-refractivity contribution in [2.45, 2.75) is 357 Å². The van der Waals surface area contributed by atoms with Gasteiger partial charge in [0.25, 0.3) is 0 Å². The molecule has 0 radical (unpaired) electrons. The molecule has 2 saturated heterocycles. The number of carbonyl (C=O) groups is 1. The molecule has 0 aromatic rings. The fourth-order valence-corrected chi connectivity index (χ4v) is 10.9. The van der Waals surface area contributed by atoms with Gasteiger partial charge in [-0.2, -0.15) is 0 Å². The van der Waals surface area contributed by atoms with Gasteiger partial charge in [0.2, 0.25) is 5.91 Å². The van der Waals surface area contributed by atoms with Crippen molar-refractivity contribution >= 4 is 5.91 Å². The first-order chi connectivity index (χ1) is 38.1. The number of unbranched alkanes of at least 4 members (excludes halogenated alkanes) is 36. The number of rotatable bonds is 53. The molecule has 0 aromatic carbocycles. The lowest BCUT2D eigenvalue weighted by Crippen LogP contribution is -2.65. The quantitative estimate of drug-likeness (QED) is 0.0204. The van der Waals surface area contributed by atoms with Gasteiger partial charge in [0, 0.05) is 6.42 Å². The number of hydrogen-bond donors (Lipinski definition) is 9. The lowest BCUT2D eigenvalue weighted by Gasteiger charge is -2.46. The maximum absolute atomic E-state index is 13.3. The van der Waals surface area contributed by atoms with Crippen LogP contribution in [0.5, 0.6) is 0 Å². The van der Waals surface area contributed by atoms with Crippen molar-refractivity contribution in [3.8, 4) is 0 Å². The molecule has 2 fully saturated rings. The second kappa shape index (κ2) is 50.0. The average molecular weight is 1110 g/mol. The number of hydrogen-bond acceptors (Lipinski definition) is 13. The van der Waals surface area contributed by atoms with Gasteiger partial charge in [-0.05, 0) is 44.9 Å². The first kappa shape index (κ1) is 72.6. The van der Waals surface area contributed by atoms with Crippen LogP contribution in [0, 0.1) is 0 Å². The number of carbonyl (C=O) groups excluding carboxylic acids is 1. The van der Waals surface area contributed by atoms with Gasteiger partial charge in [0.1, 0.15) is 48.8 Å². The van der Waals surface area contributed by atoms with E-state index in [9.17, 15) is 45.6 Å². The molecule has 2 aliphatic rings. The molecule has 9 N–H and O–H groups in total. The van der Waals surface area contributed by atoms with Gasteiger partial charge < -0.3 is 65.1 Å². The first-order valence-corrected chi connectivity index (χ1v) is 32.6. The molecule has 12 atom stereocenters. The summed E-state index contributed by atoms with van der Waals surface area (Å²) < 4.78 is 22.8. The maximum Gasteiger partial charge on any atom is 0.220 e. The zero-order chi connectivity index (χ0) is 56.7. The normalized spacial score (nSPS) is 24.6. The van der Waals surface area contributed by atoms with Crippen LogP contribution in [-0.2, 0) is 23.7 Å². The van der Waals surface area contributed by atoms with E-state index in [4.69, 9.17) is 18.9 Å². The highest BCUT2D eigenvalue weighted by molar-refractivity contribution is 5.76. The topological polar surface area (TPSA) is 228 Å². The molecule has 0 aromatic heterocycles. The number of aliphatic hydroxyl groups excluding tert-OH is 8. The lowest BCUT2D eigenvalue weighted by atomic mass is 9.97.